The molecule has 36 heavy (non-hydrogen) atoms. The summed E-state index contributed by atoms with van der Waals surface area (Å²) in [7, 11) is 0. The van der Waals surface area contributed by atoms with Crippen LogP contribution in [0.5, 0.6) is 0 Å². The van der Waals surface area contributed by atoms with E-state index in [1.807, 2.05) is 48.5 Å². The topological polar surface area (TPSA) is 68.3 Å². The van der Waals surface area contributed by atoms with E-state index in [1.165, 1.54) is 6.07 Å². The van der Waals surface area contributed by atoms with Crippen molar-refractivity contribution < 1.29 is 14.3 Å². The first-order valence-electron chi connectivity index (χ1n) is 11.2. The lowest BCUT2D eigenvalue weighted by atomic mass is 10.0. The number of nitrogens with one attached hydrogen (secondary N) is 1. The number of esters is 1. The van der Waals surface area contributed by atoms with Crippen LogP contribution < -0.4 is 5.32 Å². The molecule has 1 heterocycles. The van der Waals surface area contributed by atoms with Crippen molar-refractivity contribution in [2.75, 3.05) is 11.9 Å². The van der Waals surface area contributed by atoms with E-state index in [1.54, 1.807) is 12.1 Å². The standard InChI is InChI=1S/C28H19Cl3N2O3/c29-18-8-5-16(6-9-18)13-17-7-11-21-26(20-3-1-2-4-23(20)33-27(17)21)28(35)36-15-25(34)32-24-12-10-19(30)14-22(24)31/h1-6,8-10,12-14H,7,11,15H2,(H,32,34)/b17-13-. The smallest absolute Gasteiger partial charge is 0.339 e. The fourth-order valence-electron chi connectivity index (χ4n) is 4.25. The molecule has 8 heteroatoms. The molecule has 0 aliphatic heterocycles. The van der Waals surface area contributed by atoms with Gasteiger partial charge in [0.25, 0.3) is 5.91 Å². The van der Waals surface area contributed by atoms with Crippen molar-refractivity contribution in [3.8, 4) is 0 Å². The second kappa shape index (κ2) is 10.3. The number of nitrogens with zero attached hydrogens (tertiary/aromatic N) is 1. The number of rotatable bonds is 5. The Morgan fingerprint density at radius 1 is 0.944 bits per heavy atom. The van der Waals surface area contributed by atoms with E-state index in [2.05, 4.69) is 11.4 Å². The molecule has 5 rings (SSSR count). The van der Waals surface area contributed by atoms with Crippen LogP contribution in [0.1, 0.15) is 33.6 Å². The molecule has 1 aliphatic carbocycles. The number of para-hydroxylation sites is 1. The van der Waals surface area contributed by atoms with Crippen molar-refractivity contribution in [2.24, 2.45) is 0 Å². The van der Waals surface area contributed by atoms with Gasteiger partial charge in [-0.3, -0.25) is 4.79 Å². The van der Waals surface area contributed by atoms with Gasteiger partial charge in [0.15, 0.2) is 6.61 Å². The molecular formula is C28H19Cl3N2O3. The minimum absolute atomic E-state index is 0.292. The minimum Gasteiger partial charge on any atom is -0.452 e. The Hall–Kier alpha value is -3.38. The van der Waals surface area contributed by atoms with Gasteiger partial charge < -0.3 is 10.1 Å². The first-order chi connectivity index (χ1) is 17.4. The third kappa shape index (κ3) is 5.09. The Balaban J connectivity index is 1.42. The predicted molar refractivity (Wildman–Crippen MR) is 145 cm³/mol. The highest BCUT2D eigenvalue weighted by molar-refractivity contribution is 6.36. The number of hydrogen-bond donors (Lipinski definition) is 1. The average Bonchev–Trinajstić information content (AvgIpc) is 3.26. The number of pyridine rings is 1. The molecule has 180 valence electrons. The lowest BCUT2D eigenvalue weighted by molar-refractivity contribution is -0.119. The van der Waals surface area contributed by atoms with Crippen molar-refractivity contribution in [3.05, 3.63) is 104 Å². The van der Waals surface area contributed by atoms with Gasteiger partial charge in [0.1, 0.15) is 0 Å². The highest BCUT2D eigenvalue weighted by atomic mass is 35.5. The number of aromatic nitrogens is 1. The van der Waals surface area contributed by atoms with Crippen molar-refractivity contribution in [2.45, 2.75) is 12.8 Å². The van der Waals surface area contributed by atoms with E-state index in [-0.39, 0.29) is 0 Å². The van der Waals surface area contributed by atoms with Gasteiger partial charge in [-0.25, -0.2) is 9.78 Å². The highest BCUT2D eigenvalue weighted by Gasteiger charge is 2.28. The quantitative estimate of drug-likeness (QED) is 0.268. The lowest BCUT2D eigenvalue weighted by Gasteiger charge is -2.13. The second-order valence-corrected chi connectivity index (χ2v) is 9.58. The van der Waals surface area contributed by atoms with Crippen LogP contribution in [0.15, 0.2) is 66.7 Å². The van der Waals surface area contributed by atoms with E-state index in [9.17, 15) is 9.59 Å². The Bertz CT molecular complexity index is 1530. The fourth-order valence-corrected chi connectivity index (χ4v) is 4.83. The summed E-state index contributed by atoms with van der Waals surface area (Å²) in [5.74, 6) is -1.08. The first kappa shape index (κ1) is 24.3. The first-order valence-corrected chi connectivity index (χ1v) is 12.3. The molecule has 3 aromatic carbocycles. The predicted octanol–water partition coefficient (Wildman–Crippen LogP) is 7.48. The van der Waals surface area contributed by atoms with Crippen molar-refractivity contribution in [3.63, 3.8) is 0 Å². The molecule has 0 fully saturated rings. The number of ether oxygens (including phenoxy) is 1. The monoisotopic (exact) mass is 536 g/mol. The largest absolute Gasteiger partial charge is 0.452 e. The number of allylic oxidation sites excluding steroid dienone is 1. The molecular weight excluding hydrogens is 519 g/mol. The SMILES string of the molecule is O=C(COC(=O)c1c2c(nc3ccccc13)/C(=C\c1ccc(Cl)cc1)CC2)Nc1ccc(Cl)cc1Cl. The molecule has 0 saturated heterocycles. The molecule has 0 radical (unpaired) electrons. The molecule has 0 spiro atoms. The van der Waals surface area contributed by atoms with Gasteiger partial charge in [-0.2, -0.15) is 0 Å². The number of carbonyl (C=O) groups excluding carboxylic acids is 2. The van der Waals surface area contributed by atoms with E-state index in [0.29, 0.717) is 43.6 Å². The molecule has 5 nitrogen and oxygen atoms in total. The third-order valence-corrected chi connectivity index (χ3v) is 6.70. The number of amides is 1. The van der Waals surface area contributed by atoms with E-state index >= 15 is 0 Å². The summed E-state index contributed by atoms with van der Waals surface area (Å²) in [6.07, 6.45) is 3.43. The van der Waals surface area contributed by atoms with Crippen LogP contribution in [0.25, 0.3) is 22.6 Å². The minimum atomic E-state index is -0.574. The van der Waals surface area contributed by atoms with Crippen LogP contribution in [-0.2, 0) is 16.0 Å². The Morgan fingerprint density at radius 2 is 1.69 bits per heavy atom. The number of benzene rings is 3. The third-order valence-electron chi connectivity index (χ3n) is 5.90. The molecule has 0 saturated carbocycles. The molecule has 0 bridgehead atoms. The number of hydrogen-bond acceptors (Lipinski definition) is 4. The molecule has 1 N–H and O–H groups in total. The van der Waals surface area contributed by atoms with Crippen molar-refractivity contribution in [1.29, 1.82) is 0 Å². The van der Waals surface area contributed by atoms with Crippen LogP contribution in [0, 0.1) is 0 Å². The van der Waals surface area contributed by atoms with Crippen molar-refractivity contribution >= 4 is 74.9 Å². The van der Waals surface area contributed by atoms with E-state index in [4.69, 9.17) is 44.5 Å². The van der Waals surface area contributed by atoms with Gasteiger partial charge in [0.2, 0.25) is 0 Å². The van der Waals surface area contributed by atoms with Crippen LogP contribution in [0.4, 0.5) is 5.69 Å². The zero-order valence-corrected chi connectivity index (χ0v) is 21.1. The number of halogens is 3. The molecule has 0 atom stereocenters. The summed E-state index contributed by atoms with van der Waals surface area (Å²) in [5.41, 5.74) is 5.13. The van der Waals surface area contributed by atoms with Gasteiger partial charge in [-0.15, -0.1) is 0 Å². The molecule has 4 aromatic rings. The van der Waals surface area contributed by atoms with Crippen LogP contribution in [-0.4, -0.2) is 23.5 Å². The lowest BCUT2D eigenvalue weighted by Crippen LogP contribution is -2.22. The summed E-state index contributed by atoms with van der Waals surface area (Å²) in [4.78, 5) is 30.6. The summed E-state index contributed by atoms with van der Waals surface area (Å²) in [5, 5.41) is 4.73. The second-order valence-electron chi connectivity index (χ2n) is 8.30. The highest BCUT2D eigenvalue weighted by Crippen LogP contribution is 2.38. The number of anilines is 1. The summed E-state index contributed by atoms with van der Waals surface area (Å²) in [6, 6.07) is 19.7. The fraction of sp³-hybridized carbons (Fsp3) is 0.107. The van der Waals surface area contributed by atoms with Gasteiger partial charge in [-0.05, 0) is 72.0 Å². The summed E-state index contributed by atoms with van der Waals surface area (Å²) < 4.78 is 5.44. The maximum absolute atomic E-state index is 13.3. The zero-order chi connectivity index (χ0) is 25.2. The Morgan fingerprint density at radius 3 is 2.47 bits per heavy atom. The summed E-state index contributed by atoms with van der Waals surface area (Å²) >= 11 is 18.0. The number of carbonyl (C=O) groups is 2. The normalized spacial score (nSPS) is 13.6. The zero-order valence-electron chi connectivity index (χ0n) is 18.9. The maximum Gasteiger partial charge on any atom is 0.339 e. The average molecular weight is 538 g/mol. The van der Waals surface area contributed by atoms with Crippen LogP contribution >= 0.6 is 34.8 Å². The molecule has 1 aromatic heterocycles. The Kier molecular flexibility index (Phi) is 6.97. The molecule has 0 unspecified atom stereocenters. The van der Waals surface area contributed by atoms with Gasteiger partial charge in [0.05, 0.1) is 27.5 Å². The summed E-state index contributed by atoms with van der Waals surface area (Å²) in [6.45, 7) is -0.462. The van der Waals surface area contributed by atoms with E-state index < -0.39 is 18.5 Å². The van der Waals surface area contributed by atoms with Crippen molar-refractivity contribution in [1.82, 2.24) is 4.98 Å². The van der Waals surface area contributed by atoms with Gasteiger partial charge >= 0.3 is 5.97 Å². The van der Waals surface area contributed by atoms with Gasteiger partial charge in [-0.1, -0.05) is 65.1 Å². The van der Waals surface area contributed by atoms with Gasteiger partial charge in [0, 0.05) is 15.4 Å². The molecule has 1 aliphatic rings. The van der Waals surface area contributed by atoms with Crippen LogP contribution in [0.2, 0.25) is 15.1 Å². The van der Waals surface area contributed by atoms with E-state index in [0.717, 1.165) is 28.8 Å². The molecule has 1 amide bonds. The number of fused-ring (bicyclic) bond motifs is 2. The Labute approximate surface area is 222 Å². The van der Waals surface area contributed by atoms with Crippen LogP contribution in [0.3, 0.4) is 0 Å². The maximum atomic E-state index is 13.3.